The molecule has 0 atom stereocenters. The van der Waals surface area contributed by atoms with Gasteiger partial charge in [0.05, 0.1) is 5.41 Å². The summed E-state index contributed by atoms with van der Waals surface area (Å²) in [6, 6.07) is -0.0750. The lowest BCUT2D eigenvalue weighted by Gasteiger charge is -2.37. The number of likely N-dealkylation sites (tertiary alicyclic amines) is 1. The number of hydrogen-bond acceptors (Lipinski definition) is 2. The first-order valence-corrected chi connectivity index (χ1v) is 6.96. The summed E-state index contributed by atoms with van der Waals surface area (Å²) in [5, 5.41) is 12.1. The topological polar surface area (TPSA) is 69.6 Å². The Balaban J connectivity index is 2.43. The number of aliphatic carboxylic acids is 1. The minimum Gasteiger partial charge on any atom is -0.481 e. The molecule has 1 heterocycles. The lowest BCUT2D eigenvalue weighted by molar-refractivity contribution is -0.150. The predicted octanol–water partition coefficient (Wildman–Crippen LogP) is 2.32. The summed E-state index contributed by atoms with van der Waals surface area (Å²) in [6.07, 6.45) is 2.05. The molecule has 110 valence electrons. The summed E-state index contributed by atoms with van der Waals surface area (Å²) in [7, 11) is 0. The van der Waals surface area contributed by atoms with Gasteiger partial charge in [-0.05, 0) is 31.6 Å². The van der Waals surface area contributed by atoms with Gasteiger partial charge in [0, 0.05) is 19.6 Å². The molecule has 1 fully saturated rings. The second-order valence-corrected chi connectivity index (χ2v) is 6.53. The Morgan fingerprint density at radius 3 is 2.26 bits per heavy atom. The zero-order valence-electron chi connectivity index (χ0n) is 12.5. The van der Waals surface area contributed by atoms with Crippen LogP contribution >= 0.6 is 0 Å². The Labute approximate surface area is 115 Å². The Kier molecular flexibility index (Phi) is 4.82. The number of hydrogen-bond donors (Lipinski definition) is 2. The predicted molar refractivity (Wildman–Crippen MR) is 74.0 cm³/mol. The van der Waals surface area contributed by atoms with Crippen molar-refractivity contribution >= 4 is 12.0 Å². The molecule has 1 aliphatic rings. The number of urea groups is 1. The van der Waals surface area contributed by atoms with Crippen molar-refractivity contribution in [1.82, 2.24) is 10.2 Å². The molecule has 5 heteroatoms. The maximum absolute atomic E-state index is 12.0. The molecule has 0 aliphatic carbocycles. The summed E-state index contributed by atoms with van der Waals surface area (Å²) >= 11 is 0. The van der Waals surface area contributed by atoms with Crippen LogP contribution in [0.15, 0.2) is 0 Å². The molecule has 0 aromatic heterocycles. The van der Waals surface area contributed by atoms with Gasteiger partial charge in [-0.15, -0.1) is 0 Å². The summed E-state index contributed by atoms with van der Waals surface area (Å²) in [5.41, 5.74) is -0.583. The quantitative estimate of drug-likeness (QED) is 0.823. The van der Waals surface area contributed by atoms with E-state index in [0.29, 0.717) is 32.5 Å². The number of carboxylic acid groups (broad SMARTS) is 1. The Morgan fingerprint density at radius 2 is 1.84 bits per heavy atom. The van der Waals surface area contributed by atoms with E-state index in [0.717, 1.165) is 6.42 Å². The molecule has 2 N–H and O–H groups in total. The molecule has 5 nitrogen and oxygen atoms in total. The Hall–Kier alpha value is -1.26. The number of rotatable bonds is 4. The second-order valence-electron chi connectivity index (χ2n) is 6.53. The lowest BCUT2D eigenvalue weighted by Crippen LogP contribution is -2.50. The third kappa shape index (κ3) is 4.11. The first-order valence-electron chi connectivity index (χ1n) is 6.96. The maximum atomic E-state index is 12.0. The summed E-state index contributed by atoms with van der Waals surface area (Å²) in [5.74, 6) is -0.764. The van der Waals surface area contributed by atoms with Gasteiger partial charge in [-0.25, -0.2) is 4.79 Å². The van der Waals surface area contributed by atoms with Gasteiger partial charge in [-0.1, -0.05) is 20.8 Å². The lowest BCUT2D eigenvalue weighted by atomic mass is 9.80. The van der Waals surface area contributed by atoms with E-state index in [-0.39, 0.29) is 11.4 Å². The smallest absolute Gasteiger partial charge is 0.317 e. The number of nitrogens with one attached hydrogen (secondary N) is 1. The first-order chi connectivity index (χ1) is 8.70. The zero-order chi connectivity index (χ0) is 14.7. The summed E-state index contributed by atoms with van der Waals surface area (Å²) < 4.78 is 0. The van der Waals surface area contributed by atoms with Crippen LogP contribution in [0.5, 0.6) is 0 Å². The zero-order valence-corrected chi connectivity index (χ0v) is 12.5. The van der Waals surface area contributed by atoms with Gasteiger partial charge >= 0.3 is 12.0 Å². The molecule has 0 unspecified atom stereocenters. The Morgan fingerprint density at radius 1 is 1.32 bits per heavy atom. The molecule has 0 aromatic rings. The molecule has 0 bridgehead atoms. The number of piperidine rings is 1. The molecule has 1 rings (SSSR count). The van der Waals surface area contributed by atoms with Gasteiger partial charge in [-0.2, -0.15) is 0 Å². The van der Waals surface area contributed by atoms with Gasteiger partial charge < -0.3 is 15.3 Å². The van der Waals surface area contributed by atoms with E-state index < -0.39 is 11.4 Å². The number of carboxylic acids is 1. The van der Waals surface area contributed by atoms with Crippen LogP contribution in [-0.4, -0.2) is 41.6 Å². The van der Waals surface area contributed by atoms with Crippen molar-refractivity contribution < 1.29 is 14.7 Å². The second kappa shape index (κ2) is 5.80. The van der Waals surface area contributed by atoms with Gasteiger partial charge in [-0.3, -0.25) is 4.79 Å². The van der Waals surface area contributed by atoms with E-state index in [1.165, 1.54) is 0 Å². The van der Waals surface area contributed by atoms with E-state index in [9.17, 15) is 9.59 Å². The minimum atomic E-state index is -0.764. The number of nitrogens with zero attached hydrogens (tertiary/aromatic N) is 1. The van der Waals surface area contributed by atoms with Crippen LogP contribution in [0.1, 0.15) is 47.0 Å². The number of carbonyl (C=O) groups excluding carboxylic acids is 1. The van der Waals surface area contributed by atoms with Crippen LogP contribution in [-0.2, 0) is 4.79 Å². The fraction of sp³-hybridized carbons (Fsp3) is 0.857. The van der Waals surface area contributed by atoms with Gasteiger partial charge in [0.25, 0.3) is 0 Å². The van der Waals surface area contributed by atoms with E-state index in [1.54, 1.807) is 11.8 Å². The third-order valence-electron chi connectivity index (χ3n) is 4.35. The monoisotopic (exact) mass is 270 g/mol. The molecule has 0 aromatic carbocycles. The average Bonchev–Trinajstić information content (AvgIpc) is 2.37. The highest BCUT2D eigenvalue weighted by Crippen LogP contribution is 2.31. The van der Waals surface area contributed by atoms with E-state index in [2.05, 4.69) is 26.1 Å². The van der Waals surface area contributed by atoms with Gasteiger partial charge in [0.2, 0.25) is 0 Å². The van der Waals surface area contributed by atoms with Crippen molar-refractivity contribution in [2.24, 2.45) is 10.8 Å². The molecule has 0 saturated carbocycles. The van der Waals surface area contributed by atoms with Crippen molar-refractivity contribution in [2.45, 2.75) is 47.0 Å². The highest BCUT2D eigenvalue weighted by molar-refractivity contribution is 5.77. The molecule has 19 heavy (non-hydrogen) atoms. The van der Waals surface area contributed by atoms with Crippen molar-refractivity contribution in [3.8, 4) is 0 Å². The SMILES string of the molecule is CCC(C)(C)CNC(=O)N1CCC(C)(C(=O)O)CC1. The summed E-state index contributed by atoms with van der Waals surface area (Å²) in [6.45, 7) is 9.77. The Bertz CT molecular complexity index is 345. The third-order valence-corrected chi connectivity index (χ3v) is 4.35. The van der Waals surface area contributed by atoms with Crippen LogP contribution in [0, 0.1) is 10.8 Å². The molecule has 1 saturated heterocycles. The summed E-state index contributed by atoms with van der Waals surface area (Å²) in [4.78, 5) is 24.9. The highest BCUT2D eigenvalue weighted by Gasteiger charge is 2.38. The normalized spacial score (nSPS) is 19.1. The van der Waals surface area contributed by atoms with Crippen molar-refractivity contribution in [2.75, 3.05) is 19.6 Å². The first kappa shape index (κ1) is 15.8. The largest absolute Gasteiger partial charge is 0.481 e. The molecule has 2 amide bonds. The standard InChI is InChI=1S/C14H26N2O3/c1-5-13(2,3)10-15-12(19)16-8-6-14(4,7-9-16)11(17)18/h5-10H2,1-4H3,(H,15,19)(H,17,18). The average molecular weight is 270 g/mol. The minimum absolute atomic E-state index is 0.0750. The molecular weight excluding hydrogens is 244 g/mol. The molecule has 1 aliphatic heterocycles. The van der Waals surface area contributed by atoms with Crippen LogP contribution in [0.3, 0.4) is 0 Å². The molecule has 0 radical (unpaired) electrons. The van der Waals surface area contributed by atoms with Gasteiger partial charge in [0.1, 0.15) is 0 Å². The van der Waals surface area contributed by atoms with Crippen LogP contribution in [0.2, 0.25) is 0 Å². The van der Waals surface area contributed by atoms with Crippen LogP contribution in [0.4, 0.5) is 4.79 Å². The van der Waals surface area contributed by atoms with Gasteiger partial charge in [0.15, 0.2) is 0 Å². The van der Waals surface area contributed by atoms with Crippen molar-refractivity contribution in [3.05, 3.63) is 0 Å². The number of amides is 2. The van der Waals surface area contributed by atoms with Crippen LogP contribution < -0.4 is 5.32 Å². The fourth-order valence-corrected chi connectivity index (χ4v) is 1.97. The fourth-order valence-electron chi connectivity index (χ4n) is 1.97. The van der Waals surface area contributed by atoms with E-state index in [4.69, 9.17) is 5.11 Å². The van der Waals surface area contributed by atoms with Crippen molar-refractivity contribution in [1.29, 1.82) is 0 Å². The van der Waals surface area contributed by atoms with E-state index in [1.807, 2.05) is 0 Å². The van der Waals surface area contributed by atoms with Crippen molar-refractivity contribution in [3.63, 3.8) is 0 Å². The number of carbonyl (C=O) groups is 2. The van der Waals surface area contributed by atoms with E-state index >= 15 is 0 Å². The maximum Gasteiger partial charge on any atom is 0.317 e. The molecule has 0 spiro atoms. The molecular formula is C14H26N2O3. The highest BCUT2D eigenvalue weighted by atomic mass is 16.4. The van der Waals surface area contributed by atoms with Crippen LogP contribution in [0.25, 0.3) is 0 Å².